The van der Waals surface area contributed by atoms with Crippen molar-refractivity contribution < 1.29 is 14.3 Å². The molecule has 3 aromatic rings. The Labute approximate surface area is 152 Å². The molecular weight excluding hydrogens is 356 g/mol. The van der Waals surface area contributed by atoms with Gasteiger partial charge in [-0.1, -0.05) is 0 Å². The third-order valence-corrected chi connectivity index (χ3v) is 4.96. The topological polar surface area (TPSA) is 101 Å². The molecule has 1 aliphatic heterocycles. The second kappa shape index (κ2) is 6.19. The Bertz CT molecular complexity index is 998. The highest BCUT2D eigenvalue weighted by molar-refractivity contribution is 7.13. The van der Waals surface area contributed by atoms with E-state index in [2.05, 4.69) is 9.97 Å². The summed E-state index contributed by atoms with van der Waals surface area (Å²) in [4.78, 5) is 35.1. The Balaban J connectivity index is 1.48. The summed E-state index contributed by atoms with van der Waals surface area (Å²) in [6.07, 6.45) is 4.65. The van der Waals surface area contributed by atoms with Crippen LogP contribution in [0.15, 0.2) is 45.5 Å². The molecule has 1 fully saturated rings. The standard InChI is InChI=1S/C17H16N4O4S/c1-17(24)8-21(9-17)16(23)12-7-25-14(19-12)6-20-3-2-11(4-15(20)22)13-5-18-10-26-13/h2-5,7,10,24H,6,8-9H2,1H3. The fourth-order valence-corrected chi connectivity index (χ4v) is 3.48. The maximum atomic E-state index is 12.3. The second-order valence-electron chi connectivity index (χ2n) is 6.53. The molecule has 4 heterocycles. The third-order valence-electron chi connectivity index (χ3n) is 4.14. The molecule has 3 aromatic heterocycles. The van der Waals surface area contributed by atoms with E-state index in [4.69, 9.17) is 4.42 Å². The van der Waals surface area contributed by atoms with Crippen molar-refractivity contribution >= 4 is 17.2 Å². The molecule has 1 N–H and O–H groups in total. The molecular formula is C17H16N4O4S. The van der Waals surface area contributed by atoms with Gasteiger partial charge in [0.15, 0.2) is 5.69 Å². The number of rotatable bonds is 4. The Morgan fingerprint density at radius 3 is 2.92 bits per heavy atom. The number of aliphatic hydroxyl groups is 1. The molecule has 0 bridgehead atoms. The summed E-state index contributed by atoms with van der Waals surface area (Å²) in [6, 6.07) is 3.36. The summed E-state index contributed by atoms with van der Waals surface area (Å²) in [6.45, 7) is 2.35. The number of carbonyl (C=O) groups is 1. The van der Waals surface area contributed by atoms with Gasteiger partial charge in [0.1, 0.15) is 12.8 Å². The lowest BCUT2D eigenvalue weighted by Crippen LogP contribution is -2.61. The van der Waals surface area contributed by atoms with Crippen LogP contribution in [0.2, 0.25) is 0 Å². The first-order valence-corrected chi connectivity index (χ1v) is 8.85. The molecule has 0 aromatic carbocycles. The molecule has 4 rings (SSSR count). The number of pyridine rings is 1. The number of amides is 1. The van der Waals surface area contributed by atoms with Crippen LogP contribution < -0.4 is 5.56 Å². The number of likely N-dealkylation sites (tertiary alicyclic amines) is 1. The Morgan fingerprint density at radius 1 is 1.46 bits per heavy atom. The Hall–Kier alpha value is -2.78. The van der Waals surface area contributed by atoms with Crippen LogP contribution in [-0.2, 0) is 6.54 Å². The predicted molar refractivity (Wildman–Crippen MR) is 93.9 cm³/mol. The Kier molecular flexibility index (Phi) is 3.97. The van der Waals surface area contributed by atoms with Gasteiger partial charge in [-0.15, -0.1) is 11.3 Å². The first kappa shape index (κ1) is 16.7. The molecule has 26 heavy (non-hydrogen) atoms. The smallest absolute Gasteiger partial charge is 0.276 e. The lowest BCUT2D eigenvalue weighted by atomic mass is 9.97. The van der Waals surface area contributed by atoms with E-state index < -0.39 is 5.60 Å². The van der Waals surface area contributed by atoms with Crippen LogP contribution in [0.4, 0.5) is 0 Å². The van der Waals surface area contributed by atoms with Crippen molar-refractivity contribution in [2.24, 2.45) is 0 Å². The molecule has 0 aliphatic carbocycles. The van der Waals surface area contributed by atoms with Crippen LogP contribution in [0.3, 0.4) is 0 Å². The minimum Gasteiger partial charge on any atom is -0.446 e. The van der Waals surface area contributed by atoms with Gasteiger partial charge in [-0.25, -0.2) is 4.98 Å². The molecule has 1 saturated heterocycles. The second-order valence-corrected chi connectivity index (χ2v) is 7.42. The summed E-state index contributed by atoms with van der Waals surface area (Å²) < 4.78 is 6.79. The van der Waals surface area contributed by atoms with Gasteiger partial charge in [-0.3, -0.25) is 14.6 Å². The van der Waals surface area contributed by atoms with Crippen LogP contribution in [0.1, 0.15) is 23.3 Å². The van der Waals surface area contributed by atoms with Gasteiger partial charge in [0, 0.05) is 24.0 Å². The third kappa shape index (κ3) is 3.18. The molecule has 1 amide bonds. The zero-order valence-corrected chi connectivity index (χ0v) is 14.8. The number of hydrogen-bond donors (Lipinski definition) is 1. The van der Waals surface area contributed by atoms with E-state index in [1.807, 2.05) is 6.07 Å². The van der Waals surface area contributed by atoms with Gasteiger partial charge in [0.05, 0.1) is 29.1 Å². The summed E-state index contributed by atoms with van der Waals surface area (Å²) >= 11 is 1.46. The number of oxazole rings is 1. The van der Waals surface area contributed by atoms with Crippen molar-refractivity contribution in [3.63, 3.8) is 0 Å². The normalized spacial score (nSPS) is 15.7. The predicted octanol–water partition coefficient (Wildman–Crippen LogP) is 1.21. The highest BCUT2D eigenvalue weighted by Crippen LogP contribution is 2.22. The average Bonchev–Trinajstić information content (AvgIpc) is 3.25. The van der Waals surface area contributed by atoms with E-state index in [1.165, 1.54) is 33.1 Å². The van der Waals surface area contributed by atoms with Crippen molar-refractivity contribution in [2.75, 3.05) is 13.1 Å². The quantitative estimate of drug-likeness (QED) is 0.739. The van der Waals surface area contributed by atoms with Crippen LogP contribution in [-0.4, -0.2) is 49.1 Å². The molecule has 134 valence electrons. The largest absolute Gasteiger partial charge is 0.446 e. The minimum atomic E-state index is -0.838. The van der Waals surface area contributed by atoms with E-state index in [9.17, 15) is 14.7 Å². The number of carbonyl (C=O) groups excluding carboxylic acids is 1. The van der Waals surface area contributed by atoms with Gasteiger partial charge in [-0.05, 0) is 13.0 Å². The van der Waals surface area contributed by atoms with Crippen LogP contribution in [0, 0.1) is 0 Å². The van der Waals surface area contributed by atoms with Gasteiger partial charge in [0.25, 0.3) is 11.5 Å². The molecule has 0 atom stereocenters. The molecule has 0 spiro atoms. The van der Waals surface area contributed by atoms with E-state index in [0.717, 1.165) is 10.4 Å². The van der Waals surface area contributed by atoms with Crippen LogP contribution >= 0.6 is 11.3 Å². The van der Waals surface area contributed by atoms with Crippen LogP contribution in [0.5, 0.6) is 0 Å². The van der Waals surface area contributed by atoms with Crippen LogP contribution in [0.25, 0.3) is 10.4 Å². The van der Waals surface area contributed by atoms with E-state index in [-0.39, 0.29) is 42.7 Å². The maximum absolute atomic E-state index is 12.3. The number of thiazole rings is 1. The van der Waals surface area contributed by atoms with E-state index in [1.54, 1.807) is 24.8 Å². The average molecular weight is 372 g/mol. The van der Waals surface area contributed by atoms with Gasteiger partial charge >= 0.3 is 0 Å². The van der Waals surface area contributed by atoms with Crippen molar-refractivity contribution in [2.45, 2.75) is 19.1 Å². The molecule has 0 saturated carbocycles. The fraction of sp³-hybridized carbons (Fsp3) is 0.294. The van der Waals surface area contributed by atoms with E-state index >= 15 is 0 Å². The summed E-state index contributed by atoms with van der Waals surface area (Å²) in [5, 5.41) is 9.72. The summed E-state index contributed by atoms with van der Waals surface area (Å²) in [5.74, 6) is -0.0207. The SMILES string of the molecule is CC1(O)CN(C(=O)c2coc(Cn3ccc(-c4cncs4)cc3=O)n2)C1. The molecule has 1 aliphatic rings. The first-order chi connectivity index (χ1) is 12.4. The maximum Gasteiger partial charge on any atom is 0.276 e. The number of nitrogens with zero attached hydrogens (tertiary/aromatic N) is 4. The van der Waals surface area contributed by atoms with Gasteiger partial charge < -0.3 is 19.0 Å². The molecule has 9 heteroatoms. The Morgan fingerprint density at radius 2 is 2.27 bits per heavy atom. The molecule has 0 radical (unpaired) electrons. The highest BCUT2D eigenvalue weighted by atomic mass is 32.1. The highest BCUT2D eigenvalue weighted by Gasteiger charge is 2.40. The number of hydrogen-bond acceptors (Lipinski definition) is 7. The molecule has 0 unspecified atom stereocenters. The first-order valence-electron chi connectivity index (χ1n) is 7.97. The number of aromatic nitrogens is 3. The van der Waals surface area contributed by atoms with Gasteiger partial charge in [0.2, 0.25) is 5.89 Å². The summed E-state index contributed by atoms with van der Waals surface area (Å²) in [7, 11) is 0. The van der Waals surface area contributed by atoms with Gasteiger partial charge in [-0.2, -0.15) is 0 Å². The molecule has 8 nitrogen and oxygen atoms in total. The van der Waals surface area contributed by atoms with Crippen molar-refractivity contribution in [3.8, 4) is 10.4 Å². The van der Waals surface area contributed by atoms with Crippen molar-refractivity contribution in [1.29, 1.82) is 0 Å². The number of β-amino-alcohol motifs (C(OH)–C–C–N with tert-alkyl or cyclic N) is 1. The lowest BCUT2D eigenvalue weighted by molar-refractivity contribution is -0.0670. The fourth-order valence-electron chi connectivity index (χ4n) is 2.86. The monoisotopic (exact) mass is 372 g/mol. The lowest BCUT2D eigenvalue weighted by Gasteiger charge is -2.43. The zero-order chi connectivity index (χ0) is 18.3. The van der Waals surface area contributed by atoms with Crippen molar-refractivity contribution in [1.82, 2.24) is 19.4 Å². The minimum absolute atomic E-state index is 0.132. The zero-order valence-electron chi connectivity index (χ0n) is 14.0. The van der Waals surface area contributed by atoms with E-state index in [0.29, 0.717) is 0 Å². The summed E-state index contributed by atoms with van der Waals surface area (Å²) in [5.41, 5.74) is 1.66. The van der Waals surface area contributed by atoms with Crippen molar-refractivity contribution in [3.05, 3.63) is 58.2 Å².